The minimum Gasteiger partial charge on any atom is -0.312 e. The average Bonchev–Trinajstić information content (AvgIpc) is 3.31. The molecule has 154 valence electrons. The third-order valence-corrected chi connectivity index (χ3v) is 5.69. The van der Waals surface area contributed by atoms with Gasteiger partial charge in [0.25, 0.3) is 11.9 Å². The highest BCUT2D eigenvalue weighted by Crippen LogP contribution is 2.41. The van der Waals surface area contributed by atoms with Crippen LogP contribution in [0.2, 0.25) is 0 Å². The number of fused-ring (bicyclic) bond motifs is 1. The monoisotopic (exact) mass is 413 g/mol. The van der Waals surface area contributed by atoms with Gasteiger partial charge < -0.3 is 5.32 Å². The quantitative estimate of drug-likeness (QED) is 0.598. The number of amides is 1. The van der Waals surface area contributed by atoms with Gasteiger partial charge in [0.2, 0.25) is 6.41 Å². The standard InChI is InChI=1S/C18H17F2N9O/c19-18(20)5-13(6-18)27(11-30)16-25-14-1-4-23-15(29(14)26-16)12-7-24-28(8-12)17(2-3-21)9-22-10-17/h1,4,7-8,11,13,22H,2,5-6,9-10H2. The van der Waals surface area contributed by atoms with Crippen molar-refractivity contribution in [2.45, 2.75) is 36.8 Å². The Morgan fingerprint density at radius 2 is 2.20 bits per heavy atom. The lowest BCUT2D eigenvalue weighted by molar-refractivity contribution is -0.113. The molecule has 3 aromatic rings. The molecule has 0 radical (unpaired) electrons. The number of carbonyl (C=O) groups is 1. The van der Waals surface area contributed by atoms with Crippen LogP contribution in [0.4, 0.5) is 14.7 Å². The smallest absolute Gasteiger partial charge is 0.252 e. The summed E-state index contributed by atoms with van der Waals surface area (Å²) in [4.78, 5) is 21.3. The van der Waals surface area contributed by atoms with Gasteiger partial charge in [0.15, 0.2) is 11.5 Å². The molecule has 1 aliphatic carbocycles. The zero-order valence-corrected chi connectivity index (χ0v) is 15.7. The Hall–Kier alpha value is -3.46. The lowest BCUT2D eigenvalue weighted by Gasteiger charge is -2.41. The average molecular weight is 413 g/mol. The molecule has 1 saturated heterocycles. The molecule has 1 aliphatic heterocycles. The number of alkyl halides is 2. The van der Waals surface area contributed by atoms with Crippen molar-refractivity contribution in [1.82, 2.24) is 34.7 Å². The van der Waals surface area contributed by atoms with Gasteiger partial charge in [-0.2, -0.15) is 19.9 Å². The molecule has 0 bridgehead atoms. The van der Waals surface area contributed by atoms with Crippen LogP contribution >= 0.6 is 0 Å². The van der Waals surface area contributed by atoms with Crippen molar-refractivity contribution in [2.24, 2.45) is 0 Å². The van der Waals surface area contributed by atoms with Crippen molar-refractivity contribution < 1.29 is 13.6 Å². The number of nitriles is 1. The van der Waals surface area contributed by atoms with E-state index in [1.165, 1.54) is 4.52 Å². The summed E-state index contributed by atoms with van der Waals surface area (Å²) in [5.74, 6) is -2.26. The van der Waals surface area contributed by atoms with Crippen molar-refractivity contribution in [2.75, 3.05) is 18.0 Å². The van der Waals surface area contributed by atoms with Gasteiger partial charge in [-0.15, -0.1) is 5.10 Å². The number of nitrogens with zero attached hydrogens (tertiary/aromatic N) is 8. The number of carbonyl (C=O) groups excluding carboxylic acids is 1. The van der Waals surface area contributed by atoms with E-state index in [4.69, 9.17) is 5.26 Å². The molecule has 10 nitrogen and oxygen atoms in total. The maximum absolute atomic E-state index is 13.2. The predicted molar refractivity (Wildman–Crippen MR) is 99.6 cm³/mol. The van der Waals surface area contributed by atoms with Crippen molar-refractivity contribution in [3.05, 3.63) is 24.7 Å². The third kappa shape index (κ3) is 2.81. The van der Waals surface area contributed by atoms with Gasteiger partial charge >= 0.3 is 0 Å². The summed E-state index contributed by atoms with van der Waals surface area (Å²) in [5, 5.41) is 21.1. The molecule has 4 heterocycles. The van der Waals surface area contributed by atoms with Gasteiger partial charge in [-0.05, 0) is 0 Å². The van der Waals surface area contributed by atoms with Crippen LogP contribution in [0.15, 0.2) is 24.7 Å². The zero-order valence-electron chi connectivity index (χ0n) is 15.7. The Bertz CT molecular complexity index is 1150. The lowest BCUT2D eigenvalue weighted by Crippen LogP contribution is -2.60. The Morgan fingerprint density at radius 3 is 2.83 bits per heavy atom. The van der Waals surface area contributed by atoms with Gasteiger partial charge in [0, 0.05) is 44.4 Å². The van der Waals surface area contributed by atoms with Crippen LogP contribution in [-0.2, 0) is 10.3 Å². The number of nitrogens with one attached hydrogen (secondary N) is 1. The number of hydrogen-bond acceptors (Lipinski definition) is 7. The molecule has 2 aliphatic rings. The Balaban J connectivity index is 1.49. The van der Waals surface area contributed by atoms with Gasteiger partial charge in [0.05, 0.1) is 30.3 Å². The highest BCUT2D eigenvalue weighted by molar-refractivity contribution is 5.73. The van der Waals surface area contributed by atoms with Crippen molar-refractivity contribution in [3.8, 4) is 17.5 Å². The summed E-state index contributed by atoms with van der Waals surface area (Å²) >= 11 is 0. The topological polar surface area (TPSA) is 117 Å². The van der Waals surface area contributed by atoms with E-state index in [0.717, 1.165) is 4.90 Å². The molecule has 0 atom stereocenters. The second-order valence-corrected chi connectivity index (χ2v) is 7.72. The molecule has 1 saturated carbocycles. The van der Waals surface area contributed by atoms with Crippen LogP contribution < -0.4 is 10.2 Å². The molecule has 1 N–H and O–H groups in total. The number of rotatable bonds is 6. The van der Waals surface area contributed by atoms with Gasteiger partial charge in [0.1, 0.15) is 5.54 Å². The number of anilines is 1. The van der Waals surface area contributed by atoms with Crippen LogP contribution in [0, 0.1) is 11.3 Å². The van der Waals surface area contributed by atoms with E-state index in [1.807, 2.05) is 0 Å². The summed E-state index contributed by atoms with van der Waals surface area (Å²) < 4.78 is 29.7. The molecule has 3 aromatic heterocycles. The van der Waals surface area contributed by atoms with E-state index < -0.39 is 30.3 Å². The maximum Gasteiger partial charge on any atom is 0.252 e. The fraction of sp³-hybridized carbons (Fsp3) is 0.444. The molecule has 1 amide bonds. The first-order chi connectivity index (χ1) is 14.4. The van der Waals surface area contributed by atoms with E-state index in [0.29, 0.717) is 43.0 Å². The highest BCUT2D eigenvalue weighted by Gasteiger charge is 2.49. The second-order valence-electron chi connectivity index (χ2n) is 7.72. The molecule has 2 fully saturated rings. The highest BCUT2D eigenvalue weighted by atomic mass is 19.3. The largest absolute Gasteiger partial charge is 0.312 e. The van der Waals surface area contributed by atoms with Gasteiger partial charge in [-0.1, -0.05) is 0 Å². The fourth-order valence-corrected chi connectivity index (χ4v) is 3.86. The van der Waals surface area contributed by atoms with Crippen molar-refractivity contribution in [1.29, 1.82) is 5.26 Å². The first-order valence-electron chi connectivity index (χ1n) is 9.41. The van der Waals surface area contributed by atoms with Crippen LogP contribution in [0.3, 0.4) is 0 Å². The summed E-state index contributed by atoms with van der Waals surface area (Å²) in [6, 6.07) is 3.19. The van der Waals surface area contributed by atoms with Gasteiger partial charge in [-0.25, -0.2) is 13.8 Å². The van der Waals surface area contributed by atoms with Crippen molar-refractivity contribution >= 4 is 18.0 Å². The van der Waals surface area contributed by atoms with E-state index in [-0.39, 0.29) is 5.95 Å². The Labute approximate surface area is 169 Å². The Morgan fingerprint density at radius 1 is 1.40 bits per heavy atom. The molecule has 30 heavy (non-hydrogen) atoms. The number of halogens is 2. The summed E-state index contributed by atoms with van der Waals surface area (Å²) in [6.45, 7) is 1.29. The number of aromatic nitrogens is 6. The van der Waals surface area contributed by atoms with E-state index >= 15 is 0 Å². The van der Waals surface area contributed by atoms with Crippen LogP contribution in [0.5, 0.6) is 0 Å². The minimum atomic E-state index is -2.76. The van der Waals surface area contributed by atoms with Crippen LogP contribution in [0.25, 0.3) is 17.0 Å². The molecule has 0 spiro atoms. The summed E-state index contributed by atoms with van der Waals surface area (Å²) in [7, 11) is 0. The molecule has 0 unspecified atom stereocenters. The second kappa shape index (κ2) is 6.53. The summed E-state index contributed by atoms with van der Waals surface area (Å²) in [6.07, 6.45) is 4.97. The first kappa shape index (κ1) is 18.6. The SMILES string of the molecule is N#CCC1(n2cc(-c3nccc4nc(N(C=O)C5CC(F)(F)C5)nn34)cn2)CNC1. The molecule has 5 rings (SSSR count). The molecular formula is C18H17F2N9O. The molecule has 12 heteroatoms. The Kier molecular flexibility index (Phi) is 4.04. The lowest BCUT2D eigenvalue weighted by atomic mass is 9.87. The van der Waals surface area contributed by atoms with Crippen molar-refractivity contribution in [3.63, 3.8) is 0 Å². The van der Waals surface area contributed by atoms with Crippen LogP contribution in [0.1, 0.15) is 19.3 Å². The summed E-state index contributed by atoms with van der Waals surface area (Å²) in [5.41, 5.74) is 0.699. The maximum atomic E-state index is 13.2. The van der Waals surface area contributed by atoms with E-state index in [9.17, 15) is 13.6 Å². The van der Waals surface area contributed by atoms with Crippen LogP contribution in [-0.4, -0.2) is 60.8 Å². The minimum absolute atomic E-state index is 0.0521. The normalized spacial score (nSPS) is 19.6. The zero-order chi connectivity index (χ0) is 20.9. The third-order valence-electron chi connectivity index (χ3n) is 5.69. The molecular weight excluding hydrogens is 396 g/mol. The fourth-order valence-electron chi connectivity index (χ4n) is 3.86. The van der Waals surface area contributed by atoms with E-state index in [2.05, 4.69) is 31.6 Å². The van der Waals surface area contributed by atoms with E-state index in [1.54, 1.807) is 29.3 Å². The predicted octanol–water partition coefficient (Wildman–Crippen LogP) is 0.960. The number of hydrogen-bond donors (Lipinski definition) is 1. The molecule has 0 aromatic carbocycles. The first-order valence-corrected chi connectivity index (χ1v) is 9.41. The van der Waals surface area contributed by atoms with Gasteiger partial charge in [-0.3, -0.25) is 14.4 Å².